The van der Waals surface area contributed by atoms with E-state index in [-0.39, 0.29) is 6.61 Å². The number of nitrogens with zero attached hydrogens (tertiary/aromatic N) is 2. The van der Waals surface area contributed by atoms with Crippen molar-refractivity contribution in [2.75, 3.05) is 38.7 Å². The van der Waals surface area contributed by atoms with E-state index in [4.69, 9.17) is 5.11 Å². The molecule has 0 aliphatic rings. The number of hydrogen-bond acceptors (Lipinski definition) is 3. The summed E-state index contributed by atoms with van der Waals surface area (Å²) in [7, 11) is 4.09. The molecule has 94 valence electrons. The second-order valence-electron chi connectivity index (χ2n) is 4.27. The first-order chi connectivity index (χ1) is 8.19. The van der Waals surface area contributed by atoms with Crippen molar-refractivity contribution in [2.24, 2.45) is 0 Å². The fourth-order valence-corrected chi connectivity index (χ4v) is 1.88. The first kappa shape index (κ1) is 13.7. The smallest absolute Gasteiger partial charge is 0.0558 e. The lowest BCUT2D eigenvalue weighted by Crippen LogP contribution is -2.27. The lowest BCUT2D eigenvalue weighted by Gasteiger charge is -2.23. The van der Waals surface area contributed by atoms with Gasteiger partial charge in [0.25, 0.3) is 0 Å². The minimum atomic E-state index is 0.179. The van der Waals surface area contributed by atoms with Crippen LogP contribution in [0.5, 0.6) is 0 Å². The molecule has 0 saturated heterocycles. The Balaban J connectivity index is 2.80. The lowest BCUT2D eigenvalue weighted by atomic mass is 10.1. The third kappa shape index (κ3) is 4.21. The maximum atomic E-state index is 9.03. The number of rotatable bonds is 7. The summed E-state index contributed by atoms with van der Waals surface area (Å²) in [4.78, 5) is 4.29. The van der Waals surface area contributed by atoms with Gasteiger partial charge in [0.2, 0.25) is 0 Å². The van der Waals surface area contributed by atoms with E-state index in [1.54, 1.807) is 0 Å². The van der Waals surface area contributed by atoms with Crippen molar-refractivity contribution >= 4 is 5.69 Å². The summed E-state index contributed by atoms with van der Waals surface area (Å²) >= 11 is 0. The lowest BCUT2D eigenvalue weighted by molar-refractivity contribution is 0.203. The van der Waals surface area contributed by atoms with Gasteiger partial charge in [0.15, 0.2) is 0 Å². The predicted octanol–water partition coefficient (Wildman–Crippen LogP) is 1.73. The summed E-state index contributed by atoms with van der Waals surface area (Å²) in [5, 5.41) is 9.03. The van der Waals surface area contributed by atoms with Gasteiger partial charge in [0, 0.05) is 39.4 Å². The molecule has 1 N–H and O–H groups in total. The highest BCUT2D eigenvalue weighted by Crippen LogP contribution is 2.19. The highest BCUT2D eigenvalue weighted by molar-refractivity contribution is 5.52. The molecule has 1 aromatic rings. The molecule has 1 rings (SSSR count). The van der Waals surface area contributed by atoms with E-state index in [0.717, 1.165) is 13.1 Å². The molecule has 0 bridgehead atoms. The maximum Gasteiger partial charge on any atom is 0.0558 e. The van der Waals surface area contributed by atoms with Crippen molar-refractivity contribution in [1.82, 2.24) is 4.90 Å². The summed E-state index contributed by atoms with van der Waals surface area (Å²) in [6, 6.07) is 8.33. The number of para-hydroxylation sites is 1. The molecule has 0 unspecified atom stereocenters. The van der Waals surface area contributed by atoms with Crippen molar-refractivity contribution < 1.29 is 5.11 Å². The van der Waals surface area contributed by atoms with Crippen LogP contribution < -0.4 is 4.90 Å². The van der Waals surface area contributed by atoms with Gasteiger partial charge in [-0.1, -0.05) is 24.3 Å². The van der Waals surface area contributed by atoms with Gasteiger partial charge in [-0.15, -0.1) is 6.58 Å². The van der Waals surface area contributed by atoms with Gasteiger partial charge in [-0.05, 0) is 11.6 Å². The highest BCUT2D eigenvalue weighted by Gasteiger charge is 2.08. The van der Waals surface area contributed by atoms with Gasteiger partial charge < -0.3 is 10.0 Å². The van der Waals surface area contributed by atoms with Gasteiger partial charge in [0.05, 0.1) is 6.61 Å². The topological polar surface area (TPSA) is 26.7 Å². The Morgan fingerprint density at radius 1 is 1.29 bits per heavy atom. The van der Waals surface area contributed by atoms with Gasteiger partial charge in [-0.3, -0.25) is 4.90 Å². The van der Waals surface area contributed by atoms with E-state index in [0.29, 0.717) is 6.54 Å². The SMILES string of the molecule is C=CCN(CCO)Cc1ccccc1N(C)C. The predicted molar refractivity (Wildman–Crippen MR) is 73.3 cm³/mol. The Bertz CT molecular complexity index is 350. The number of hydrogen-bond donors (Lipinski definition) is 1. The van der Waals surface area contributed by atoms with Crippen LogP contribution in [-0.4, -0.2) is 43.8 Å². The van der Waals surface area contributed by atoms with Crippen molar-refractivity contribution in [3.63, 3.8) is 0 Å². The zero-order valence-electron chi connectivity index (χ0n) is 10.8. The molecule has 3 nitrogen and oxygen atoms in total. The summed E-state index contributed by atoms with van der Waals surface area (Å²) < 4.78 is 0. The fourth-order valence-electron chi connectivity index (χ4n) is 1.88. The highest BCUT2D eigenvalue weighted by atomic mass is 16.3. The van der Waals surface area contributed by atoms with E-state index in [1.807, 2.05) is 32.3 Å². The Morgan fingerprint density at radius 3 is 2.59 bits per heavy atom. The zero-order valence-corrected chi connectivity index (χ0v) is 10.8. The second-order valence-corrected chi connectivity index (χ2v) is 4.27. The molecule has 0 heterocycles. The van der Waals surface area contributed by atoms with E-state index >= 15 is 0 Å². The van der Waals surface area contributed by atoms with Crippen LogP contribution in [0, 0.1) is 0 Å². The molecule has 0 fully saturated rings. The third-order valence-electron chi connectivity index (χ3n) is 2.67. The van der Waals surface area contributed by atoms with Gasteiger partial charge in [0.1, 0.15) is 0 Å². The van der Waals surface area contributed by atoms with Crippen molar-refractivity contribution in [3.8, 4) is 0 Å². The standard InChI is InChI=1S/C14H22N2O/c1-4-9-16(10-11-17)12-13-7-5-6-8-14(13)15(2)3/h4-8,17H,1,9-12H2,2-3H3. The molecular formula is C14H22N2O. The molecule has 0 radical (unpaired) electrons. The van der Waals surface area contributed by atoms with Crippen LogP contribution in [0.25, 0.3) is 0 Å². The van der Waals surface area contributed by atoms with Crippen LogP contribution in [0.15, 0.2) is 36.9 Å². The van der Waals surface area contributed by atoms with E-state index < -0.39 is 0 Å². The number of anilines is 1. The fraction of sp³-hybridized carbons (Fsp3) is 0.429. The van der Waals surface area contributed by atoms with Crippen LogP contribution in [0.1, 0.15) is 5.56 Å². The molecular weight excluding hydrogens is 212 g/mol. The molecule has 0 aliphatic heterocycles. The first-order valence-electron chi connectivity index (χ1n) is 5.88. The average molecular weight is 234 g/mol. The number of aliphatic hydroxyl groups is 1. The molecule has 0 aromatic heterocycles. The minimum Gasteiger partial charge on any atom is -0.395 e. The van der Waals surface area contributed by atoms with Crippen LogP contribution in [0.3, 0.4) is 0 Å². The molecule has 0 atom stereocenters. The molecule has 3 heteroatoms. The van der Waals surface area contributed by atoms with Crippen molar-refractivity contribution in [1.29, 1.82) is 0 Å². The maximum absolute atomic E-state index is 9.03. The van der Waals surface area contributed by atoms with Gasteiger partial charge >= 0.3 is 0 Å². The van der Waals surface area contributed by atoms with Gasteiger partial charge in [-0.25, -0.2) is 0 Å². The van der Waals surface area contributed by atoms with E-state index in [2.05, 4.69) is 28.5 Å². The largest absolute Gasteiger partial charge is 0.395 e. The second kappa shape index (κ2) is 7.09. The molecule has 0 saturated carbocycles. The van der Waals surface area contributed by atoms with Crippen LogP contribution in [0.4, 0.5) is 5.69 Å². The van der Waals surface area contributed by atoms with Gasteiger partial charge in [-0.2, -0.15) is 0 Å². The normalized spacial score (nSPS) is 10.6. The monoisotopic (exact) mass is 234 g/mol. The zero-order chi connectivity index (χ0) is 12.7. The molecule has 0 amide bonds. The minimum absolute atomic E-state index is 0.179. The summed E-state index contributed by atoms with van der Waals surface area (Å²) in [5.74, 6) is 0. The molecule has 1 aromatic carbocycles. The van der Waals surface area contributed by atoms with Crippen LogP contribution in [0.2, 0.25) is 0 Å². The molecule has 17 heavy (non-hydrogen) atoms. The summed E-state index contributed by atoms with van der Waals surface area (Å²) in [6.07, 6.45) is 1.87. The molecule has 0 aliphatic carbocycles. The quantitative estimate of drug-likeness (QED) is 0.728. The Morgan fingerprint density at radius 2 is 2.00 bits per heavy atom. The van der Waals surface area contributed by atoms with E-state index in [9.17, 15) is 0 Å². The number of benzene rings is 1. The number of aliphatic hydroxyl groups excluding tert-OH is 1. The molecule has 0 spiro atoms. The summed E-state index contributed by atoms with van der Waals surface area (Å²) in [6.45, 7) is 6.23. The average Bonchev–Trinajstić information content (AvgIpc) is 2.30. The van der Waals surface area contributed by atoms with Crippen LogP contribution >= 0.6 is 0 Å². The Labute approximate surface area is 104 Å². The van der Waals surface area contributed by atoms with Crippen molar-refractivity contribution in [3.05, 3.63) is 42.5 Å². The Hall–Kier alpha value is -1.32. The van der Waals surface area contributed by atoms with Crippen LogP contribution in [-0.2, 0) is 6.54 Å². The first-order valence-corrected chi connectivity index (χ1v) is 5.88. The summed E-state index contributed by atoms with van der Waals surface area (Å²) in [5.41, 5.74) is 2.49. The van der Waals surface area contributed by atoms with Crippen molar-refractivity contribution in [2.45, 2.75) is 6.54 Å². The third-order valence-corrected chi connectivity index (χ3v) is 2.67. The van der Waals surface area contributed by atoms with E-state index in [1.165, 1.54) is 11.3 Å². The Kier molecular flexibility index (Phi) is 5.73.